The smallest absolute Gasteiger partial charge is 0.00938 e. The van der Waals surface area contributed by atoms with Crippen molar-refractivity contribution < 1.29 is 0 Å². The van der Waals surface area contributed by atoms with Gasteiger partial charge in [0, 0.05) is 18.1 Å². The molecule has 0 bridgehead atoms. The molecule has 2 fully saturated rings. The van der Waals surface area contributed by atoms with Crippen LogP contribution in [0, 0.1) is 0 Å². The number of rotatable bonds is 6. The minimum absolute atomic E-state index is 0.665. The summed E-state index contributed by atoms with van der Waals surface area (Å²) < 4.78 is 0. The van der Waals surface area contributed by atoms with Gasteiger partial charge in [0.2, 0.25) is 0 Å². The average Bonchev–Trinajstić information content (AvgIpc) is 2.42. The van der Waals surface area contributed by atoms with E-state index in [0.29, 0.717) is 6.04 Å². The molecule has 2 unspecified atom stereocenters. The van der Waals surface area contributed by atoms with Gasteiger partial charge < -0.3 is 15.5 Å². The molecule has 0 aromatic rings. The van der Waals surface area contributed by atoms with Crippen LogP contribution in [0.1, 0.15) is 58.8 Å². The first-order valence-corrected chi connectivity index (χ1v) is 8.49. The maximum atomic E-state index is 3.86. The number of nitrogens with one attached hydrogen (secondary N) is 2. The quantitative estimate of drug-likeness (QED) is 0.774. The molecule has 2 atom stereocenters. The standard InChI is InChI=1S/C16H33N3/c1-3-10-19-11-7-15(8-12-19)18-14(2)13-16-6-4-5-9-17-16/h14-18H,3-13H2,1-2H3. The second kappa shape index (κ2) is 8.23. The summed E-state index contributed by atoms with van der Waals surface area (Å²) >= 11 is 0. The van der Waals surface area contributed by atoms with Gasteiger partial charge in [0.25, 0.3) is 0 Å². The van der Waals surface area contributed by atoms with Crippen LogP contribution >= 0.6 is 0 Å². The second-order valence-electron chi connectivity index (χ2n) is 6.57. The van der Waals surface area contributed by atoms with Crippen LogP contribution in [0.5, 0.6) is 0 Å². The number of piperidine rings is 2. The number of nitrogens with zero attached hydrogens (tertiary/aromatic N) is 1. The topological polar surface area (TPSA) is 27.3 Å². The van der Waals surface area contributed by atoms with E-state index < -0.39 is 0 Å². The van der Waals surface area contributed by atoms with Gasteiger partial charge in [-0.2, -0.15) is 0 Å². The Morgan fingerprint density at radius 3 is 2.63 bits per heavy atom. The fraction of sp³-hybridized carbons (Fsp3) is 1.00. The fourth-order valence-electron chi connectivity index (χ4n) is 3.66. The van der Waals surface area contributed by atoms with Gasteiger partial charge in [-0.3, -0.25) is 0 Å². The molecule has 2 aliphatic rings. The Morgan fingerprint density at radius 1 is 1.21 bits per heavy atom. The number of hydrogen-bond donors (Lipinski definition) is 2. The highest BCUT2D eigenvalue weighted by molar-refractivity contribution is 4.82. The molecule has 0 aromatic heterocycles. The van der Waals surface area contributed by atoms with Gasteiger partial charge in [-0.25, -0.2) is 0 Å². The van der Waals surface area contributed by atoms with Crippen LogP contribution in [0.4, 0.5) is 0 Å². The van der Waals surface area contributed by atoms with Crippen molar-refractivity contribution in [2.75, 3.05) is 26.2 Å². The normalized spacial score (nSPS) is 28.4. The predicted molar refractivity (Wildman–Crippen MR) is 82.6 cm³/mol. The summed E-state index contributed by atoms with van der Waals surface area (Å²) in [6, 6.07) is 2.18. The van der Waals surface area contributed by atoms with E-state index in [0.717, 1.165) is 12.1 Å². The summed E-state index contributed by atoms with van der Waals surface area (Å²) in [4.78, 5) is 2.62. The van der Waals surface area contributed by atoms with Gasteiger partial charge in [0.05, 0.1) is 0 Å². The van der Waals surface area contributed by atoms with Crippen molar-refractivity contribution in [2.45, 2.75) is 76.9 Å². The predicted octanol–water partition coefficient (Wildman–Crippen LogP) is 2.37. The van der Waals surface area contributed by atoms with Crippen molar-refractivity contribution in [1.82, 2.24) is 15.5 Å². The Balaban J connectivity index is 1.61. The molecule has 0 aliphatic carbocycles. The first-order chi connectivity index (χ1) is 9.28. The van der Waals surface area contributed by atoms with Gasteiger partial charge in [-0.1, -0.05) is 13.3 Å². The van der Waals surface area contributed by atoms with Gasteiger partial charge in [0.15, 0.2) is 0 Å². The highest BCUT2D eigenvalue weighted by Crippen LogP contribution is 2.15. The molecular formula is C16H33N3. The van der Waals surface area contributed by atoms with Crippen LogP contribution in [0.3, 0.4) is 0 Å². The molecule has 2 aliphatic heterocycles. The molecule has 3 nitrogen and oxygen atoms in total. The monoisotopic (exact) mass is 267 g/mol. The molecule has 0 radical (unpaired) electrons. The molecule has 0 spiro atoms. The summed E-state index contributed by atoms with van der Waals surface area (Å²) in [7, 11) is 0. The summed E-state index contributed by atoms with van der Waals surface area (Å²) in [6.45, 7) is 9.75. The van der Waals surface area contributed by atoms with E-state index in [-0.39, 0.29) is 0 Å². The third-order valence-electron chi connectivity index (χ3n) is 4.70. The third-order valence-corrected chi connectivity index (χ3v) is 4.70. The van der Waals surface area contributed by atoms with Crippen molar-refractivity contribution >= 4 is 0 Å². The Hall–Kier alpha value is -0.120. The van der Waals surface area contributed by atoms with E-state index in [1.54, 1.807) is 0 Å². The van der Waals surface area contributed by atoms with E-state index in [9.17, 15) is 0 Å². The zero-order valence-electron chi connectivity index (χ0n) is 13.0. The van der Waals surface area contributed by atoms with E-state index >= 15 is 0 Å². The van der Waals surface area contributed by atoms with Crippen molar-refractivity contribution in [3.05, 3.63) is 0 Å². The Morgan fingerprint density at radius 2 is 2.00 bits per heavy atom. The maximum Gasteiger partial charge on any atom is 0.00938 e. The second-order valence-corrected chi connectivity index (χ2v) is 6.57. The first kappa shape index (κ1) is 15.3. The lowest BCUT2D eigenvalue weighted by atomic mass is 9.97. The maximum absolute atomic E-state index is 3.86. The molecule has 0 saturated carbocycles. The zero-order valence-corrected chi connectivity index (χ0v) is 13.0. The Kier molecular flexibility index (Phi) is 6.62. The van der Waals surface area contributed by atoms with Crippen molar-refractivity contribution in [3.8, 4) is 0 Å². The van der Waals surface area contributed by atoms with E-state index in [2.05, 4.69) is 29.4 Å². The lowest BCUT2D eigenvalue weighted by Crippen LogP contribution is -2.47. The van der Waals surface area contributed by atoms with Crippen molar-refractivity contribution in [1.29, 1.82) is 0 Å². The first-order valence-electron chi connectivity index (χ1n) is 8.49. The Labute approximate surface area is 119 Å². The molecule has 3 heteroatoms. The van der Waals surface area contributed by atoms with E-state index in [1.165, 1.54) is 71.1 Å². The van der Waals surface area contributed by atoms with Crippen LogP contribution in [-0.4, -0.2) is 49.2 Å². The van der Waals surface area contributed by atoms with Crippen LogP contribution < -0.4 is 10.6 Å². The summed E-state index contributed by atoms with van der Waals surface area (Å²) in [5.74, 6) is 0. The third kappa shape index (κ3) is 5.41. The SMILES string of the molecule is CCCN1CCC(NC(C)CC2CCCCN2)CC1. The molecule has 2 N–H and O–H groups in total. The molecule has 0 amide bonds. The van der Waals surface area contributed by atoms with Crippen LogP contribution in [0.2, 0.25) is 0 Å². The van der Waals surface area contributed by atoms with Gasteiger partial charge in [-0.05, 0) is 71.6 Å². The zero-order chi connectivity index (χ0) is 13.5. The largest absolute Gasteiger partial charge is 0.314 e. The molecule has 112 valence electrons. The molecule has 2 saturated heterocycles. The molecule has 2 rings (SSSR count). The molecule has 0 aromatic carbocycles. The van der Waals surface area contributed by atoms with Crippen LogP contribution in [0.25, 0.3) is 0 Å². The van der Waals surface area contributed by atoms with Crippen molar-refractivity contribution in [3.63, 3.8) is 0 Å². The highest BCUT2D eigenvalue weighted by atomic mass is 15.1. The van der Waals surface area contributed by atoms with E-state index in [4.69, 9.17) is 0 Å². The summed E-state index contributed by atoms with van der Waals surface area (Å²) in [5, 5.41) is 7.52. The number of hydrogen-bond acceptors (Lipinski definition) is 3. The van der Waals surface area contributed by atoms with Gasteiger partial charge >= 0.3 is 0 Å². The summed E-state index contributed by atoms with van der Waals surface area (Å²) in [6.07, 6.45) is 9.43. The highest BCUT2D eigenvalue weighted by Gasteiger charge is 2.21. The molecule has 19 heavy (non-hydrogen) atoms. The lowest BCUT2D eigenvalue weighted by Gasteiger charge is -2.35. The molecule has 2 heterocycles. The van der Waals surface area contributed by atoms with Crippen LogP contribution in [-0.2, 0) is 0 Å². The number of likely N-dealkylation sites (tertiary alicyclic amines) is 1. The Bertz CT molecular complexity index is 230. The van der Waals surface area contributed by atoms with Gasteiger partial charge in [-0.15, -0.1) is 0 Å². The summed E-state index contributed by atoms with van der Waals surface area (Å²) in [5.41, 5.74) is 0. The minimum atomic E-state index is 0.665. The molecular weight excluding hydrogens is 234 g/mol. The van der Waals surface area contributed by atoms with Crippen molar-refractivity contribution in [2.24, 2.45) is 0 Å². The fourth-order valence-corrected chi connectivity index (χ4v) is 3.66. The minimum Gasteiger partial charge on any atom is -0.314 e. The van der Waals surface area contributed by atoms with E-state index in [1.807, 2.05) is 0 Å². The lowest BCUT2D eigenvalue weighted by molar-refractivity contribution is 0.188. The van der Waals surface area contributed by atoms with Crippen LogP contribution in [0.15, 0.2) is 0 Å². The average molecular weight is 267 g/mol. The van der Waals surface area contributed by atoms with Gasteiger partial charge in [0.1, 0.15) is 0 Å².